The van der Waals surface area contributed by atoms with Crippen LogP contribution in [0.3, 0.4) is 0 Å². The fourth-order valence-corrected chi connectivity index (χ4v) is 1.50. The van der Waals surface area contributed by atoms with Crippen LogP contribution in [0, 0.1) is 0 Å². The van der Waals surface area contributed by atoms with E-state index in [-0.39, 0.29) is 49.0 Å². The van der Waals surface area contributed by atoms with Gasteiger partial charge in [0.2, 0.25) is 0 Å². The minimum atomic E-state index is -0.984. The summed E-state index contributed by atoms with van der Waals surface area (Å²) in [5.41, 5.74) is 0.463. The van der Waals surface area contributed by atoms with Gasteiger partial charge in [-0.15, -0.1) is 0 Å². The number of carbonyl (C=O) groups is 4. The van der Waals surface area contributed by atoms with Crippen molar-refractivity contribution in [1.29, 1.82) is 0 Å². The van der Waals surface area contributed by atoms with Gasteiger partial charge in [0.25, 0.3) is 0 Å². The second-order valence-corrected chi connectivity index (χ2v) is 5.10. The maximum Gasteiger partial charge on any atom is 0.353 e. The van der Waals surface area contributed by atoms with E-state index in [1.165, 1.54) is 49.1 Å². The van der Waals surface area contributed by atoms with Crippen molar-refractivity contribution in [3.63, 3.8) is 0 Å². The molecule has 0 unspecified atom stereocenters. The van der Waals surface area contributed by atoms with E-state index in [2.05, 4.69) is 40.8 Å². The van der Waals surface area contributed by atoms with Gasteiger partial charge in [0.1, 0.15) is 22.8 Å². The van der Waals surface area contributed by atoms with E-state index in [0.717, 1.165) is 0 Å². The first-order valence-corrected chi connectivity index (χ1v) is 8.13. The predicted octanol–water partition coefficient (Wildman–Crippen LogP) is 0.429. The number of nitrogens with one attached hydrogen (secondary N) is 4. The molecule has 4 rings (SSSR count). The standard InChI is InChI=1S/4C4H4N2O2.Zr/c4*7-4(8)3-1-2-5-6-3;/h4*1-2H,(H,5,6)(H,7,8);. The molecule has 0 radical (unpaired) electrons. The van der Waals surface area contributed by atoms with Gasteiger partial charge in [-0.05, 0) is 24.3 Å². The third-order valence-electron chi connectivity index (χ3n) is 2.92. The maximum absolute atomic E-state index is 9.99. The molecule has 33 heavy (non-hydrogen) atoms. The molecule has 0 aliphatic rings. The van der Waals surface area contributed by atoms with Gasteiger partial charge in [-0.1, -0.05) is 0 Å². The van der Waals surface area contributed by atoms with Crippen molar-refractivity contribution in [3.05, 3.63) is 71.8 Å². The van der Waals surface area contributed by atoms with Crippen LogP contribution in [0.1, 0.15) is 42.0 Å². The van der Waals surface area contributed by atoms with Gasteiger partial charge < -0.3 is 20.4 Å². The van der Waals surface area contributed by atoms with Crippen molar-refractivity contribution < 1.29 is 65.8 Å². The minimum Gasteiger partial charge on any atom is -0.477 e. The molecule has 0 aromatic carbocycles. The number of rotatable bonds is 4. The molecule has 17 heteroatoms. The number of aromatic amines is 4. The number of H-pyrrole nitrogens is 4. The van der Waals surface area contributed by atoms with Crippen molar-refractivity contribution in [3.8, 4) is 0 Å². The summed E-state index contributed by atoms with van der Waals surface area (Å²) in [5.74, 6) is -3.94. The molecule has 4 heterocycles. The van der Waals surface area contributed by atoms with Crippen LogP contribution >= 0.6 is 0 Å². The van der Waals surface area contributed by atoms with Gasteiger partial charge in [0.15, 0.2) is 0 Å². The third kappa shape index (κ3) is 11.5. The first kappa shape index (κ1) is 28.6. The van der Waals surface area contributed by atoms with Crippen LogP contribution in [-0.2, 0) is 26.2 Å². The summed E-state index contributed by atoms with van der Waals surface area (Å²) in [7, 11) is 0. The Kier molecular flexibility index (Phi) is 13.4. The Labute approximate surface area is 202 Å². The zero-order chi connectivity index (χ0) is 23.9. The molecule has 0 aliphatic carbocycles. The SMILES string of the molecule is O=C(O)c1ccn[nH]1.O=C(O)c1ccn[nH]1.O=C(O)c1ccn[nH]1.O=C(O)c1ccn[nH]1.[Zr]. The molecule has 16 nitrogen and oxygen atoms in total. The summed E-state index contributed by atoms with van der Waals surface area (Å²) in [6.45, 7) is 0. The molecule has 0 bridgehead atoms. The minimum absolute atomic E-state index is 0. The molecule has 0 saturated heterocycles. The average molecular weight is 540 g/mol. The van der Waals surface area contributed by atoms with Gasteiger partial charge in [-0.25, -0.2) is 19.2 Å². The van der Waals surface area contributed by atoms with E-state index in [1.807, 2.05) is 0 Å². The fourth-order valence-electron chi connectivity index (χ4n) is 1.50. The van der Waals surface area contributed by atoms with E-state index in [0.29, 0.717) is 0 Å². The van der Waals surface area contributed by atoms with Gasteiger partial charge >= 0.3 is 23.9 Å². The van der Waals surface area contributed by atoms with Crippen LogP contribution in [0.4, 0.5) is 0 Å². The Morgan fingerprint density at radius 2 is 0.667 bits per heavy atom. The summed E-state index contributed by atoms with van der Waals surface area (Å²) in [6, 6.07) is 5.56. The van der Waals surface area contributed by atoms with Crippen LogP contribution < -0.4 is 0 Å². The maximum atomic E-state index is 9.99. The monoisotopic (exact) mass is 538 g/mol. The number of carboxylic acid groups (broad SMARTS) is 4. The molecule has 0 spiro atoms. The summed E-state index contributed by atoms with van der Waals surface area (Å²) in [5, 5.41) is 55.7. The summed E-state index contributed by atoms with van der Waals surface area (Å²) in [6.07, 6.45) is 5.57. The second kappa shape index (κ2) is 15.4. The van der Waals surface area contributed by atoms with Crippen molar-refractivity contribution in [2.24, 2.45) is 0 Å². The Morgan fingerprint density at radius 3 is 0.727 bits per heavy atom. The third-order valence-corrected chi connectivity index (χ3v) is 2.92. The normalized spacial score (nSPS) is 8.73. The van der Waals surface area contributed by atoms with Crippen molar-refractivity contribution >= 4 is 23.9 Å². The van der Waals surface area contributed by atoms with E-state index in [4.69, 9.17) is 20.4 Å². The molecule has 172 valence electrons. The zero-order valence-electron chi connectivity index (χ0n) is 16.3. The van der Waals surface area contributed by atoms with Gasteiger partial charge in [-0.3, -0.25) is 20.4 Å². The molecular formula is C16H16N8O8Zr. The van der Waals surface area contributed by atoms with Crippen LogP contribution in [0.5, 0.6) is 0 Å². The Morgan fingerprint density at radius 1 is 0.485 bits per heavy atom. The molecule has 0 fully saturated rings. The molecule has 0 amide bonds. The number of nitrogens with zero attached hydrogens (tertiary/aromatic N) is 4. The quantitative estimate of drug-likeness (QED) is 0.175. The Bertz CT molecular complexity index is 903. The summed E-state index contributed by atoms with van der Waals surface area (Å²) >= 11 is 0. The molecule has 4 aromatic heterocycles. The fraction of sp³-hybridized carbons (Fsp3) is 0. The van der Waals surface area contributed by atoms with Gasteiger partial charge in [0.05, 0.1) is 0 Å². The topological polar surface area (TPSA) is 264 Å². The number of carboxylic acids is 4. The van der Waals surface area contributed by atoms with Crippen molar-refractivity contribution in [2.75, 3.05) is 0 Å². The average Bonchev–Trinajstić information content (AvgIpc) is 3.56. The van der Waals surface area contributed by atoms with Gasteiger partial charge in [0, 0.05) is 51.0 Å². The zero-order valence-corrected chi connectivity index (χ0v) is 18.8. The van der Waals surface area contributed by atoms with E-state index in [1.54, 1.807) is 0 Å². The summed E-state index contributed by atoms with van der Waals surface area (Å²) in [4.78, 5) is 40.0. The Balaban J connectivity index is 0.000000410. The van der Waals surface area contributed by atoms with Crippen molar-refractivity contribution in [1.82, 2.24) is 40.8 Å². The van der Waals surface area contributed by atoms with Crippen molar-refractivity contribution in [2.45, 2.75) is 0 Å². The molecular weight excluding hydrogens is 523 g/mol. The van der Waals surface area contributed by atoms with E-state index in [9.17, 15) is 19.2 Å². The van der Waals surface area contributed by atoms with Crippen LogP contribution in [0.15, 0.2) is 49.1 Å². The van der Waals surface area contributed by atoms with Gasteiger partial charge in [-0.2, -0.15) is 20.4 Å². The molecule has 0 aliphatic heterocycles. The number of aromatic carboxylic acids is 4. The first-order valence-electron chi connectivity index (χ1n) is 8.13. The number of hydrogen-bond donors (Lipinski definition) is 8. The van der Waals surface area contributed by atoms with E-state index >= 15 is 0 Å². The predicted molar refractivity (Wildman–Crippen MR) is 102 cm³/mol. The Hall–Kier alpha value is -4.40. The molecule has 8 N–H and O–H groups in total. The van der Waals surface area contributed by atoms with Crippen LogP contribution in [0.25, 0.3) is 0 Å². The molecule has 0 atom stereocenters. The number of hydrogen-bond acceptors (Lipinski definition) is 8. The van der Waals surface area contributed by atoms with E-state index < -0.39 is 23.9 Å². The number of aromatic nitrogens is 8. The second-order valence-electron chi connectivity index (χ2n) is 5.10. The molecule has 0 saturated carbocycles. The summed E-state index contributed by atoms with van der Waals surface area (Å²) < 4.78 is 0. The van der Waals surface area contributed by atoms with Crippen LogP contribution in [0.2, 0.25) is 0 Å². The first-order chi connectivity index (χ1) is 15.2. The largest absolute Gasteiger partial charge is 0.477 e. The molecule has 4 aromatic rings. The smallest absolute Gasteiger partial charge is 0.353 e. The van der Waals surface area contributed by atoms with Crippen LogP contribution in [-0.4, -0.2) is 85.1 Å².